The number of Topliss-reactive ketones (excluding diaryl/α,β-unsaturated/α-hetero) is 1. The van der Waals surface area contributed by atoms with Crippen molar-refractivity contribution in [1.82, 2.24) is 20.2 Å². The van der Waals surface area contributed by atoms with E-state index in [0.717, 1.165) is 29.1 Å². The van der Waals surface area contributed by atoms with Crippen molar-refractivity contribution in [3.05, 3.63) is 53.0 Å². The SMILES string of the molecule is C[C@@H](N)C(=O)CCc1cnc(-c2ccc(NCC3(c4ncccc4F)CCC3)nn2)s1. The Morgan fingerprint density at radius 2 is 2.13 bits per heavy atom. The summed E-state index contributed by atoms with van der Waals surface area (Å²) in [6, 6.07) is 6.35. The summed E-state index contributed by atoms with van der Waals surface area (Å²) in [6.07, 6.45) is 7.29. The maximum Gasteiger partial charge on any atom is 0.149 e. The fourth-order valence-corrected chi connectivity index (χ4v) is 4.57. The molecule has 3 heterocycles. The lowest BCUT2D eigenvalue weighted by Crippen LogP contribution is -2.42. The molecule has 3 N–H and O–H groups in total. The maximum absolute atomic E-state index is 14.3. The molecule has 0 aliphatic heterocycles. The number of ketones is 1. The van der Waals surface area contributed by atoms with E-state index < -0.39 is 6.04 Å². The fourth-order valence-electron chi connectivity index (χ4n) is 3.69. The minimum atomic E-state index is -0.438. The molecule has 1 atom stereocenters. The van der Waals surface area contributed by atoms with E-state index in [2.05, 4.69) is 25.5 Å². The van der Waals surface area contributed by atoms with Crippen molar-refractivity contribution in [2.75, 3.05) is 11.9 Å². The number of carbonyl (C=O) groups is 1. The van der Waals surface area contributed by atoms with E-state index in [1.165, 1.54) is 17.4 Å². The van der Waals surface area contributed by atoms with E-state index in [0.29, 0.717) is 36.6 Å². The third-order valence-corrected chi connectivity index (χ3v) is 6.82. The van der Waals surface area contributed by atoms with Crippen molar-refractivity contribution >= 4 is 22.9 Å². The van der Waals surface area contributed by atoms with Crippen LogP contribution in [0, 0.1) is 5.82 Å². The number of pyridine rings is 1. The number of nitrogens with zero attached hydrogens (tertiary/aromatic N) is 4. The summed E-state index contributed by atoms with van der Waals surface area (Å²) in [5, 5.41) is 12.6. The Morgan fingerprint density at radius 1 is 1.29 bits per heavy atom. The number of carbonyl (C=O) groups excluding carboxylic acids is 1. The maximum atomic E-state index is 14.3. The molecular weight excluding hydrogens is 415 g/mol. The van der Waals surface area contributed by atoms with Gasteiger partial charge in [-0.15, -0.1) is 21.5 Å². The van der Waals surface area contributed by atoms with Crippen molar-refractivity contribution < 1.29 is 9.18 Å². The zero-order chi connectivity index (χ0) is 21.8. The van der Waals surface area contributed by atoms with Crippen LogP contribution in [-0.2, 0) is 16.6 Å². The van der Waals surface area contributed by atoms with Crippen LogP contribution in [0.5, 0.6) is 0 Å². The first kappa shape index (κ1) is 21.5. The molecule has 4 rings (SSSR count). The van der Waals surface area contributed by atoms with Crippen LogP contribution < -0.4 is 11.1 Å². The second kappa shape index (κ2) is 9.15. The van der Waals surface area contributed by atoms with Gasteiger partial charge < -0.3 is 11.1 Å². The molecule has 9 heteroatoms. The number of nitrogens with two attached hydrogens (primary N) is 1. The number of halogens is 1. The van der Waals surface area contributed by atoms with Crippen molar-refractivity contribution in [2.45, 2.75) is 50.5 Å². The lowest BCUT2D eigenvalue weighted by atomic mass is 9.66. The Balaban J connectivity index is 1.38. The zero-order valence-corrected chi connectivity index (χ0v) is 18.2. The topological polar surface area (TPSA) is 107 Å². The van der Waals surface area contributed by atoms with Gasteiger partial charge in [0.05, 0.1) is 11.7 Å². The van der Waals surface area contributed by atoms with Crippen LogP contribution in [0.2, 0.25) is 0 Å². The number of thiazole rings is 1. The van der Waals surface area contributed by atoms with Crippen LogP contribution in [0.1, 0.15) is 43.2 Å². The highest BCUT2D eigenvalue weighted by atomic mass is 32.1. The molecule has 31 heavy (non-hydrogen) atoms. The molecule has 0 spiro atoms. The fraction of sp³-hybridized carbons (Fsp3) is 0.409. The van der Waals surface area contributed by atoms with Gasteiger partial charge in [0.15, 0.2) is 0 Å². The number of nitrogens with one attached hydrogen (secondary N) is 1. The first-order valence-corrected chi connectivity index (χ1v) is 11.2. The normalized spacial score (nSPS) is 15.8. The third-order valence-electron chi connectivity index (χ3n) is 5.74. The smallest absolute Gasteiger partial charge is 0.149 e. The average Bonchev–Trinajstić information content (AvgIpc) is 3.22. The van der Waals surface area contributed by atoms with Crippen molar-refractivity contribution in [3.8, 4) is 10.7 Å². The lowest BCUT2D eigenvalue weighted by Gasteiger charge is -2.41. The Hall–Kier alpha value is -2.78. The van der Waals surface area contributed by atoms with E-state index in [-0.39, 0.29) is 17.0 Å². The summed E-state index contributed by atoms with van der Waals surface area (Å²) in [5.74, 6) is 0.415. The zero-order valence-electron chi connectivity index (χ0n) is 17.3. The van der Waals surface area contributed by atoms with Crippen molar-refractivity contribution in [1.29, 1.82) is 0 Å². The first-order chi connectivity index (χ1) is 15.0. The second-order valence-corrected chi connectivity index (χ2v) is 9.13. The van der Waals surface area contributed by atoms with Gasteiger partial charge in [0.1, 0.15) is 28.1 Å². The Kier molecular flexibility index (Phi) is 6.33. The number of hydrogen-bond donors (Lipinski definition) is 2. The van der Waals surface area contributed by atoms with Gasteiger partial charge in [-0.1, -0.05) is 6.42 Å². The monoisotopic (exact) mass is 440 g/mol. The molecule has 3 aromatic rings. The molecule has 0 amide bonds. The summed E-state index contributed by atoms with van der Waals surface area (Å²) >= 11 is 1.50. The number of anilines is 1. The highest BCUT2D eigenvalue weighted by Crippen LogP contribution is 2.43. The van der Waals surface area contributed by atoms with Crippen LogP contribution in [0.3, 0.4) is 0 Å². The number of rotatable bonds is 9. The summed E-state index contributed by atoms with van der Waals surface area (Å²) < 4.78 is 14.3. The quantitative estimate of drug-likeness (QED) is 0.524. The molecule has 0 saturated heterocycles. The highest BCUT2D eigenvalue weighted by Gasteiger charge is 2.41. The Labute approximate surface area is 184 Å². The second-order valence-electron chi connectivity index (χ2n) is 8.01. The predicted molar refractivity (Wildman–Crippen MR) is 118 cm³/mol. The predicted octanol–water partition coefficient (Wildman–Crippen LogP) is 3.52. The molecule has 3 aromatic heterocycles. The molecule has 1 aliphatic carbocycles. The molecular formula is C22H25FN6OS. The number of hydrogen-bond acceptors (Lipinski definition) is 8. The Morgan fingerprint density at radius 3 is 2.77 bits per heavy atom. The van der Waals surface area contributed by atoms with Crippen LogP contribution in [0.4, 0.5) is 10.2 Å². The molecule has 0 aromatic carbocycles. The standard InChI is InChI=1S/C22H25FN6OS/c1-14(24)18(30)7-5-15-12-26-21(31-15)17-6-8-19(29-28-17)27-13-22(9-3-10-22)20-16(23)4-2-11-25-20/h2,4,6,8,11-12,14H,3,5,7,9-10,13,24H2,1H3,(H,27,29)/t14-/m1/s1. The van der Waals surface area contributed by atoms with E-state index >= 15 is 0 Å². The van der Waals surface area contributed by atoms with Gasteiger partial charge >= 0.3 is 0 Å². The first-order valence-electron chi connectivity index (χ1n) is 10.4. The van der Waals surface area contributed by atoms with Crippen LogP contribution in [0.15, 0.2) is 36.7 Å². The molecule has 162 valence electrons. The molecule has 0 radical (unpaired) electrons. The van der Waals surface area contributed by atoms with Crippen molar-refractivity contribution in [3.63, 3.8) is 0 Å². The minimum Gasteiger partial charge on any atom is -0.368 e. The molecule has 1 fully saturated rings. The van der Waals surface area contributed by atoms with Gasteiger partial charge in [0, 0.05) is 35.7 Å². The van der Waals surface area contributed by atoms with Gasteiger partial charge in [-0.3, -0.25) is 9.78 Å². The molecule has 1 saturated carbocycles. The largest absolute Gasteiger partial charge is 0.368 e. The van der Waals surface area contributed by atoms with Gasteiger partial charge in [0.2, 0.25) is 0 Å². The van der Waals surface area contributed by atoms with E-state index in [4.69, 9.17) is 5.73 Å². The average molecular weight is 441 g/mol. The Bertz CT molecular complexity index is 1050. The van der Waals surface area contributed by atoms with Gasteiger partial charge in [0.25, 0.3) is 0 Å². The third kappa shape index (κ3) is 4.77. The molecule has 1 aliphatic rings. The number of aryl methyl sites for hydroxylation is 1. The van der Waals surface area contributed by atoms with E-state index in [9.17, 15) is 9.18 Å². The summed E-state index contributed by atoms with van der Waals surface area (Å²) in [4.78, 5) is 21.4. The summed E-state index contributed by atoms with van der Waals surface area (Å²) in [5.41, 5.74) is 6.51. The van der Waals surface area contributed by atoms with Crippen LogP contribution >= 0.6 is 11.3 Å². The summed E-state index contributed by atoms with van der Waals surface area (Å²) in [7, 11) is 0. The highest BCUT2D eigenvalue weighted by molar-refractivity contribution is 7.15. The lowest BCUT2D eigenvalue weighted by molar-refractivity contribution is -0.119. The van der Waals surface area contributed by atoms with Crippen molar-refractivity contribution in [2.24, 2.45) is 5.73 Å². The minimum absolute atomic E-state index is 0.0417. The summed E-state index contributed by atoms with van der Waals surface area (Å²) in [6.45, 7) is 2.26. The number of aromatic nitrogens is 4. The molecule has 0 unspecified atom stereocenters. The van der Waals surface area contributed by atoms with E-state index in [1.807, 2.05) is 12.1 Å². The van der Waals surface area contributed by atoms with Crippen LogP contribution in [-0.4, -0.2) is 38.5 Å². The van der Waals surface area contributed by atoms with Gasteiger partial charge in [-0.2, -0.15) is 0 Å². The van der Waals surface area contributed by atoms with E-state index in [1.54, 1.807) is 25.4 Å². The molecule has 7 nitrogen and oxygen atoms in total. The molecule has 0 bridgehead atoms. The van der Waals surface area contributed by atoms with Gasteiger partial charge in [-0.25, -0.2) is 9.37 Å². The van der Waals surface area contributed by atoms with Gasteiger partial charge in [-0.05, 0) is 50.5 Å². The van der Waals surface area contributed by atoms with Crippen LogP contribution in [0.25, 0.3) is 10.7 Å².